The average molecular weight is 301 g/mol. The van der Waals surface area contributed by atoms with E-state index in [2.05, 4.69) is 40.9 Å². The molecule has 6 atom stereocenters. The Morgan fingerprint density at radius 1 is 1.05 bits per heavy atom. The summed E-state index contributed by atoms with van der Waals surface area (Å²) in [6.45, 7) is 18.9. The molecule has 0 radical (unpaired) electrons. The maximum Gasteiger partial charge on any atom is -0.00880 e. The molecule has 3 aliphatic rings. The van der Waals surface area contributed by atoms with Crippen molar-refractivity contribution in [2.24, 2.45) is 34.5 Å². The third-order valence-electron chi connectivity index (χ3n) is 8.45. The quantitative estimate of drug-likeness (QED) is 0.493. The van der Waals surface area contributed by atoms with E-state index in [0.717, 1.165) is 23.7 Å². The van der Waals surface area contributed by atoms with Crippen molar-refractivity contribution in [3.63, 3.8) is 0 Å². The van der Waals surface area contributed by atoms with Crippen LogP contribution >= 0.6 is 0 Å². The predicted molar refractivity (Wildman–Crippen MR) is 96.7 cm³/mol. The summed E-state index contributed by atoms with van der Waals surface area (Å²) in [5.74, 6) is 3.52. The van der Waals surface area contributed by atoms with Crippen molar-refractivity contribution < 1.29 is 0 Å². The van der Waals surface area contributed by atoms with Gasteiger partial charge in [0.25, 0.3) is 0 Å². The van der Waals surface area contributed by atoms with Crippen LogP contribution in [-0.2, 0) is 0 Å². The lowest BCUT2D eigenvalue weighted by molar-refractivity contribution is -0.0455. The summed E-state index contributed by atoms with van der Waals surface area (Å²) in [6, 6.07) is 0. The summed E-state index contributed by atoms with van der Waals surface area (Å²) in [6.07, 6.45) is 10.7. The van der Waals surface area contributed by atoms with Crippen molar-refractivity contribution in [3.8, 4) is 0 Å². The van der Waals surface area contributed by atoms with Crippen LogP contribution in [0.25, 0.3) is 0 Å². The topological polar surface area (TPSA) is 0 Å². The Labute approximate surface area is 138 Å². The first-order valence-corrected chi connectivity index (χ1v) is 9.68. The second-order valence-corrected chi connectivity index (χ2v) is 9.24. The number of hydrogen-bond donors (Lipinski definition) is 0. The molecule has 0 heteroatoms. The molecule has 6 unspecified atom stereocenters. The minimum absolute atomic E-state index is 0.451. The lowest BCUT2D eigenvalue weighted by atomic mass is 9.49. The third kappa shape index (κ3) is 2.24. The Hall–Kier alpha value is -0.520. The van der Waals surface area contributed by atoms with Crippen LogP contribution in [0.1, 0.15) is 79.1 Å². The molecule has 0 amide bonds. The molecule has 0 aromatic carbocycles. The van der Waals surface area contributed by atoms with Crippen molar-refractivity contribution >= 4 is 0 Å². The van der Waals surface area contributed by atoms with Crippen molar-refractivity contribution in [3.05, 3.63) is 24.3 Å². The van der Waals surface area contributed by atoms with Crippen molar-refractivity contribution in [2.45, 2.75) is 79.1 Å². The Kier molecular flexibility index (Phi) is 4.11. The van der Waals surface area contributed by atoms with Gasteiger partial charge in [-0.2, -0.15) is 0 Å². The first-order valence-electron chi connectivity index (χ1n) is 9.68. The average Bonchev–Trinajstić information content (AvgIpc) is 2.78. The highest BCUT2D eigenvalue weighted by atomic mass is 14.6. The summed E-state index contributed by atoms with van der Waals surface area (Å²) in [4.78, 5) is 0. The summed E-state index contributed by atoms with van der Waals surface area (Å²) < 4.78 is 0. The van der Waals surface area contributed by atoms with Crippen molar-refractivity contribution in [1.82, 2.24) is 0 Å². The van der Waals surface area contributed by atoms with E-state index in [-0.39, 0.29) is 0 Å². The molecule has 0 heterocycles. The molecule has 3 fully saturated rings. The van der Waals surface area contributed by atoms with E-state index in [0.29, 0.717) is 10.8 Å². The number of fused-ring (bicyclic) bond motifs is 1. The van der Waals surface area contributed by atoms with Crippen LogP contribution in [0, 0.1) is 34.5 Å². The Bertz CT molecular complexity index is 472. The van der Waals surface area contributed by atoms with Crippen molar-refractivity contribution in [2.75, 3.05) is 0 Å². The van der Waals surface area contributed by atoms with E-state index in [9.17, 15) is 0 Å². The van der Waals surface area contributed by atoms with Gasteiger partial charge in [-0.3, -0.25) is 0 Å². The van der Waals surface area contributed by atoms with E-state index in [4.69, 9.17) is 0 Å². The largest absolute Gasteiger partial charge is 0.0999 e. The standard InChI is InChI=1S/C22H36/c1-7-18-14-15(2)10-12-22(18,6)20-11-13-21(5)16(3)8-9-19(21)17(20)4/h17-20H,2-3,7-14H2,1,4-6H3. The minimum Gasteiger partial charge on any atom is -0.0999 e. The zero-order valence-electron chi connectivity index (χ0n) is 15.4. The molecule has 3 saturated carbocycles. The minimum atomic E-state index is 0.451. The van der Waals surface area contributed by atoms with Crippen LogP contribution in [0.5, 0.6) is 0 Å². The monoisotopic (exact) mass is 300 g/mol. The molecule has 0 aromatic rings. The smallest absolute Gasteiger partial charge is 0.00880 e. The van der Waals surface area contributed by atoms with Gasteiger partial charge in [0.05, 0.1) is 0 Å². The maximum atomic E-state index is 4.43. The van der Waals surface area contributed by atoms with Gasteiger partial charge in [0, 0.05) is 0 Å². The molecule has 3 rings (SSSR count). The fraction of sp³-hybridized carbons (Fsp3) is 0.818. The number of rotatable bonds is 2. The van der Waals surface area contributed by atoms with Gasteiger partial charge in [0.15, 0.2) is 0 Å². The Morgan fingerprint density at radius 2 is 1.77 bits per heavy atom. The molecule has 22 heavy (non-hydrogen) atoms. The highest BCUT2D eigenvalue weighted by molar-refractivity contribution is 5.20. The van der Waals surface area contributed by atoms with Crippen LogP contribution in [0.4, 0.5) is 0 Å². The Morgan fingerprint density at radius 3 is 2.45 bits per heavy atom. The van der Waals surface area contributed by atoms with Crippen LogP contribution in [0.15, 0.2) is 24.3 Å². The first-order chi connectivity index (χ1) is 10.3. The number of allylic oxidation sites excluding steroid dienone is 2. The van der Waals surface area contributed by atoms with E-state index < -0.39 is 0 Å². The molecular formula is C22H36. The van der Waals surface area contributed by atoms with Crippen LogP contribution < -0.4 is 0 Å². The van der Waals surface area contributed by atoms with Gasteiger partial charge in [-0.05, 0) is 79.4 Å². The second kappa shape index (κ2) is 5.53. The molecule has 0 N–H and O–H groups in total. The first kappa shape index (κ1) is 16.3. The molecule has 0 aromatic heterocycles. The summed E-state index contributed by atoms with van der Waals surface area (Å²) >= 11 is 0. The molecule has 0 bridgehead atoms. The lowest BCUT2D eigenvalue weighted by Crippen LogP contribution is -2.48. The van der Waals surface area contributed by atoms with Gasteiger partial charge >= 0.3 is 0 Å². The van der Waals surface area contributed by atoms with E-state index in [1.807, 2.05) is 0 Å². The summed E-state index contributed by atoms with van der Waals surface area (Å²) in [5.41, 5.74) is 4.05. The molecule has 0 spiro atoms. The normalized spacial score (nSPS) is 49.3. The molecule has 0 saturated heterocycles. The SMILES string of the molecule is C=C1CCC(C)(C2CCC3(C)C(=C)CCC3C2C)C(CC)C1. The van der Waals surface area contributed by atoms with E-state index in [1.165, 1.54) is 56.9 Å². The van der Waals surface area contributed by atoms with Gasteiger partial charge in [-0.1, -0.05) is 58.4 Å². The lowest BCUT2D eigenvalue weighted by Gasteiger charge is -2.56. The van der Waals surface area contributed by atoms with E-state index in [1.54, 1.807) is 5.57 Å². The van der Waals surface area contributed by atoms with Crippen LogP contribution in [0.3, 0.4) is 0 Å². The zero-order valence-corrected chi connectivity index (χ0v) is 15.4. The molecule has 0 aliphatic heterocycles. The third-order valence-corrected chi connectivity index (χ3v) is 8.45. The van der Waals surface area contributed by atoms with Gasteiger partial charge in [-0.25, -0.2) is 0 Å². The maximum absolute atomic E-state index is 4.43. The predicted octanol–water partition coefficient (Wildman–Crippen LogP) is 6.78. The van der Waals surface area contributed by atoms with Gasteiger partial charge in [0.2, 0.25) is 0 Å². The van der Waals surface area contributed by atoms with Gasteiger partial charge in [0.1, 0.15) is 0 Å². The molecular weight excluding hydrogens is 264 g/mol. The fourth-order valence-corrected chi connectivity index (χ4v) is 6.76. The summed E-state index contributed by atoms with van der Waals surface area (Å²) in [5, 5.41) is 0. The highest BCUT2D eigenvalue weighted by Crippen LogP contribution is 2.63. The number of hydrogen-bond acceptors (Lipinski definition) is 0. The van der Waals surface area contributed by atoms with Gasteiger partial charge in [-0.15, -0.1) is 0 Å². The Balaban J connectivity index is 1.86. The molecule has 3 aliphatic carbocycles. The van der Waals surface area contributed by atoms with Crippen molar-refractivity contribution in [1.29, 1.82) is 0 Å². The van der Waals surface area contributed by atoms with E-state index >= 15 is 0 Å². The zero-order chi connectivity index (χ0) is 16.1. The second-order valence-electron chi connectivity index (χ2n) is 9.24. The summed E-state index contributed by atoms with van der Waals surface area (Å²) in [7, 11) is 0. The fourth-order valence-electron chi connectivity index (χ4n) is 6.76. The van der Waals surface area contributed by atoms with Crippen LogP contribution in [-0.4, -0.2) is 0 Å². The molecule has 124 valence electrons. The highest BCUT2D eigenvalue weighted by Gasteiger charge is 2.54. The molecule has 0 nitrogen and oxygen atoms in total. The van der Waals surface area contributed by atoms with Crippen LogP contribution in [0.2, 0.25) is 0 Å². The van der Waals surface area contributed by atoms with Gasteiger partial charge < -0.3 is 0 Å².